The lowest BCUT2D eigenvalue weighted by Gasteiger charge is -2.18. The van der Waals surface area contributed by atoms with Crippen molar-refractivity contribution < 1.29 is 19.4 Å². The van der Waals surface area contributed by atoms with Crippen molar-refractivity contribution in [3.05, 3.63) is 65.2 Å². The van der Waals surface area contributed by atoms with E-state index in [9.17, 15) is 9.59 Å². The van der Waals surface area contributed by atoms with E-state index in [1.807, 2.05) is 31.2 Å². The predicted octanol–water partition coefficient (Wildman–Crippen LogP) is 3.13. The van der Waals surface area contributed by atoms with Crippen LogP contribution in [0, 0.1) is 0 Å². The predicted molar refractivity (Wildman–Crippen MR) is 94.7 cm³/mol. The monoisotopic (exact) mass is 342 g/mol. The Kier molecular flexibility index (Phi) is 6.39. The zero-order chi connectivity index (χ0) is 18.2. The van der Waals surface area contributed by atoms with E-state index in [2.05, 4.69) is 5.32 Å². The van der Waals surface area contributed by atoms with E-state index in [1.165, 1.54) is 12.1 Å². The number of hydrogen-bond donors (Lipinski definition) is 2. The minimum atomic E-state index is -0.967. The number of hydrogen-bond acceptors (Lipinski definition) is 3. The fraction of sp³-hybridized carbons (Fsp3) is 0.263. The molecule has 0 aliphatic heterocycles. The molecule has 0 radical (unpaired) electrons. The van der Waals surface area contributed by atoms with E-state index in [4.69, 9.17) is 9.84 Å². The van der Waals surface area contributed by atoms with Crippen LogP contribution in [0.3, 0.4) is 0 Å². The van der Waals surface area contributed by atoms with Gasteiger partial charge in [0.25, 0.3) is 0 Å². The third kappa shape index (κ3) is 5.53. The molecule has 0 heterocycles. The molecule has 0 aromatic heterocycles. The van der Waals surface area contributed by atoms with Gasteiger partial charge in [0.2, 0.25) is 0 Å². The first kappa shape index (κ1) is 18.3. The molecule has 0 saturated carbocycles. The molecule has 0 atom stereocenters. The molecule has 0 bridgehead atoms. The number of urea groups is 1. The molecule has 132 valence electrons. The average Bonchev–Trinajstić information content (AvgIpc) is 2.61. The Balaban J connectivity index is 1.84. The summed E-state index contributed by atoms with van der Waals surface area (Å²) in [6.07, 6.45) is 0. The Labute approximate surface area is 147 Å². The van der Waals surface area contributed by atoms with Crippen LogP contribution in [0.4, 0.5) is 4.79 Å². The quantitative estimate of drug-likeness (QED) is 0.810. The first-order chi connectivity index (χ1) is 12.0. The van der Waals surface area contributed by atoms with Gasteiger partial charge >= 0.3 is 12.0 Å². The molecule has 2 amide bonds. The second-order valence-corrected chi connectivity index (χ2v) is 5.59. The average molecular weight is 342 g/mol. The van der Waals surface area contributed by atoms with Gasteiger partial charge in [-0.05, 0) is 42.3 Å². The number of carboxylic acids is 1. The molecule has 2 aromatic rings. The van der Waals surface area contributed by atoms with Gasteiger partial charge in [-0.15, -0.1) is 0 Å². The molecular formula is C19H22N2O4. The first-order valence-electron chi connectivity index (χ1n) is 8.02. The summed E-state index contributed by atoms with van der Waals surface area (Å²) in [7, 11) is 1.72. The number of nitrogens with zero attached hydrogens (tertiary/aromatic N) is 1. The number of benzene rings is 2. The van der Waals surface area contributed by atoms with Gasteiger partial charge in [-0.1, -0.05) is 24.3 Å². The highest BCUT2D eigenvalue weighted by Crippen LogP contribution is 2.13. The Morgan fingerprint density at radius 3 is 2.20 bits per heavy atom. The van der Waals surface area contributed by atoms with E-state index >= 15 is 0 Å². The Morgan fingerprint density at radius 2 is 1.64 bits per heavy atom. The summed E-state index contributed by atoms with van der Waals surface area (Å²) in [6, 6.07) is 13.9. The molecule has 0 unspecified atom stereocenters. The third-order valence-electron chi connectivity index (χ3n) is 3.65. The number of amides is 2. The fourth-order valence-corrected chi connectivity index (χ4v) is 2.28. The van der Waals surface area contributed by atoms with Crippen molar-refractivity contribution in [1.82, 2.24) is 10.2 Å². The van der Waals surface area contributed by atoms with Crippen LogP contribution in [0.25, 0.3) is 0 Å². The number of carboxylic acid groups (broad SMARTS) is 1. The molecule has 0 aliphatic carbocycles. The van der Waals surface area contributed by atoms with Gasteiger partial charge < -0.3 is 20.1 Å². The highest BCUT2D eigenvalue weighted by atomic mass is 16.5. The van der Waals surface area contributed by atoms with E-state index in [0.717, 1.165) is 16.9 Å². The molecular weight excluding hydrogens is 320 g/mol. The van der Waals surface area contributed by atoms with Gasteiger partial charge in [-0.25, -0.2) is 9.59 Å². The molecule has 0 fully saturated rings. The number of rotatable bonds is 7. The van der Waals surface area contributed by atoms with Crippen molar-refractivity contribution in [2.45, 2.75) is 20.0 Å². The zero-order valence-electron chi connectivity index (χ0n) is 14.4. The van der Waals surface area contributed by atoms with Crippen LogP contribution in [0.2, 0.25) is 0 Å². The van der Waals surface area contributed by atoms with Crippen LogP contribution in [-0.4, -0.2) is 35.7 Å². The standard InChI is InChI=1S/C19H22N2O4/c1-3-25-17-10-6-15(7-11-17)13-21(2)19(24)20-12-14-4-8-16(9-5-14)18(22)23/h4-11H,3,12-13H2,1-2H3,(H,20,24)(H,22,23). The molecule has 6 heteroatoms. The van der Waals surface area contributed by atoms with E-state index in [1.54, 1.807) is 24.1 Å². The summed E-state index contributed by atoms with van der Waals surface area (Å²) in [5.41, 5.74) is 2.07. The number of nitrogens with one attached hydrogen (secondary N) is 1. The summed E-state index contributed by atoms with van der Waals surface area (Å²) in [5, 5.41) is 11.7. The maximum Gasteiger partial charge on any atom is 0.335 e. The molecule has 2 rings (SSSR count). The summed E-state index contributed by atoms with van der Waals surface area (Å²) < 4.78 is 5.39. The Morgan fingerprint density at radius 1 is 1.04 bits per heavy atom. The molecule has 0 spiro atoms. The second kappa shape index (κ2) is 8.73. The molecule has 0 saturated heterocycles. The summed E-state index contributed by atoms with van der Waals surface area (Å²) in [4.78, 5) is 24.6. The van der Waals surface area contributed by atoms with Crippen molar-refractivity contribution in [2.24, 2.45) is 0 Å². The minimum absolute atomic E-state index is 0.198. The normalized spacial score (nSPS) is 10.2. The van der Waals surface area contributed by atoms with Gasteiger partial charge in [0.15, 0.2) is 0 Å². The van der Waals surface area contributed by atoms with Gasteiger partial charge in [0, 0.05) is 20.1 Å². The van der Waals surface area contributed by atoms with Crippen molar-refractivity contribution in [2.75, 3.05) is 13.7 Å². The molecule has 25 heavy (non-hydrogen) atoms. The second-order valence-electron chi connectivity index (χ2n) is 5.59. The van der Waals surface area contributed by atoms with Gasteiger partial charge in [-0.3, -0.25) is 0 Å². The highest BCUT2D eigenvalue weighted by Gasteiger charge is 2.09. The van der Waals surface area contributed by atoms with Crippen LogP contribution in [0.15, 0.2) is 48.5 Å². The lowest BCUT2D eigenvalue weighted by molar-refractivity contribution is 0.0697. The largest absolute Gasteiger partial charge is 0.494 e. The fourth-order valence-electron chi connectivity index (χ4n) is 2.28. The van der Waals surface area contributed by atoms with Crippen LogP contribution in [0.1, 0.15) is 28.4 Å². The maximum atomic E-state index is 12.2. The van der Waals surface area contributed by atoms with Gasteiger partial charge in [0.1, 0.15) is 5.75 Å². The lowest BCUT2D eigenvalue weighted by Crippen LogP contribution is -2.36. The number of aromatic carboxylic acids is 1. The van der Waals surface area contributed by atoms with Crippen LogP contribution in [0.5, 0.6) is 5.75 Å². The summed E-state index contributed by atoms with van der Waals surface area (Å²) >= 11 is 0. The summed E-state index contributed by atoms with van der Waals surface area (Å²) in [6.45, 7) is 3.37. The number of ether oxygens (including phenoxy) is 1. The summed E-state index contributed by atoms with van der Waals surface area (Å²) in [5.74, 6) is -0.158. The van der Waals surface area contributed by atoms with E-state index < -0.39 is 5.97 Å². The minimum Gasteiger partial charge on any atom is -0.494 e. The maximum absolute atomic E-state index is 12.2. The van der Waals surface area contributed by atoms with Crippen LogP contribution < -0.4 is 10.1 Å². The van der Waals surface area contributed by atoms with E-state index in [-0.39, 0.29) is 11.6 Å². The topological polar surface area (TPSA) is 78.9 Å². The molecule has 2 aromatic carbocycles. The Hall–Kier alpha value is -3.02. The lowest BCUT2D eigenvalue weighted by atomic mass is 10.1. The van der Waals surface area contributed by atoms with E-state index in [0.29, 0.717) is 19.7 Å². The van der Waals surface area contributed by atoms with Gasteiger partial charge in [-0.2, -0.15) is 0 Å². The third-order valence-corrected chi connectivity index (χ3v) is 3.65. The number of carbonyl (C=O) groups excluding carboxylic acids is 1. The smallest absolute Gasteiger partial charge is 0.335 e. The first-order valence-corrected chi connectivity index (χ1v) is 8.02. The molecule has 6 nitrogen and oxygen atoms in total. The van der Waals surface area contributed by atoms with Gasteiger partial charge in [0.05, 0.1) is 12.2 Å². The zero-order valence-corrected chi connectivity index (χ0v) is 14.4. The molecule has 2 N–H and O–H groups in total. The van der Waals surface area contributed by atoms with Crippen LogP contribution in [-0.2, 0) is 13.1 Å². The van der Waals surface area contributed by atoms with Crippen molar-refractivity contribution in [3.63, 3.8) is 0 Å². The van der Waals surface area contributed by atoms with Crippen molar-refractivity contribution >= 4 is 12.0 Å². The highest BCUT2D eigenvalue weighted by molar-refractivity contribution is 5.87. The molecule has 0 aliphatic rings. The Bertz CT molecular complexity index is 711. The van der Waals surface area contributed by atoms with Crippen molar-refractivity contribution in [1.29, 1.82) is 0 Å². The van der Waals surface area contributed by atoms with Crippen molar-refractivity contribution in [3.8, 4) is 5.75 Å². The SMILES string of the molecule is CCOc1ccc(CN(C)C(=O)NCc2ccc(C(=O)O)cc2)cc1. The van der Waals surface area contributed by atoms with Crippen LogP contribution >= 0.6 is 0 Å². The number of carbonyl (C=O) groups is 2.